The Labute approximate surface area is 140 Å². The summed E-state index contributed by atoms with van der Waals surface area (Å²) in [5.74, 6) is -0.146. The summed E-state index contributed by atoms with van der Waals surface area (Å²) in [5.41, 5.74) is 1.37. The average Bonchev–Trinajstić information content (AvgIpc) is 2.76. The van der Waals surface area contributed by atoms with Crippen molar-refractivity contribution in [1.29, 1.82) is 0 Å². The molecule has 7 heteroatoms. The first-order valence-corrected chi connectivity index (χ1v) is 7.92. The van der Waals surface area contributed by atoms with Gasteiger partial charge in [-0.3, -0.25) is 15.0 Å². The van der Waals surface area contributed by atoms with Crippen molar-refractivity contribution in [1.82, 2.24) is 15.8 Å². The number of nitrogens with one attached hydrogen (secondary N) is 2. The smallest absolute Gasteiger partial charge is 0.344 e. The summed E-state index contributed by atoms with van der Waals surface area (Å²) in [4.78, 5) is 37.3. The van der Waals surface area contributed by atoms with Crippen LogP contribution in [-0.2, 0) is 15.1 Å². The molecule has 2 fully saturated rings. The number of methoxy groups -OCH3 is 1. The molecule has 1 aromatic rings. The van der Waals surface area contributed by atoms with E-state index in [0.717, 1.165) is 24.3 Å². The molecule has 1 aliphatic carbocycles. The summed E-state index contributed by atoms with van der Waals surface area (Å²) in [5, 5.41) is 3.45. The number of imide groups is 1. The van der Waals surface area contributed by atoms with Gasteiger partial charge >= 0.3 is 6.03 Å². The Bertz CT molecular complexity index is 696. The molecule has 1 atom stereocenters. The fourth-order valence-corrected chi connectivity index (χ4v) is 3.03. The highest BCUT2D eigenvalue weighted by molar-refractivity contribution is 6.08. The number of carbonyl (C=O) groups excluding carboxylic acids is 3. The largest absolute Gasteiger partial charge is 0.497 e. The van der Waals surface area contributed by atoms with Gasteiger partial charge in [-0.05, 0) is 37.5 Å². The number of hydrazine groups is 1. The lowest BCUT2D eigenvalue weighted by Gasteiger charge is -2.37. The van der Waals surface area contributed by atoms with Crippen molar-refractivity contribution in [3.8, 4) is 5.75 Å². The molecular weight excluding hydrogens is 310 g/mol. The predicted octanol–water partition coefficient (Wildman–Crippen LogP) is 1.68. The minimum Gasteiger partial charge on any atom is -0.497 e. The number of nitrogens with zero attached hydrogens (tertiary/aromatic N) is 1. The summed E-state index contributed by atoms with van der Waals surface area (Å²) < 4.78 is 5.10. The normalized spacial score (nSPS) is 25.0. The molecule has 1 heterocycles. The van der Waals surface area contributed by atoms with Crippen molar-refractivity contribution in [3.63, 3.8) is 0 Å². The van der Waals surface area contributed by atoms with Gasteiger partial charge in [0.1, 0.15) is 11.3 Å². The van der Waals surface area contributed by atoms with Gasteiger partial charge in [0.2, 0.25) is 5.91 Å². The lowest BCUT2D eigenvalue weighted by Crippen LogP contribution is -2.54. The Morgan fingerprint density at radius 3 is 2.33 bits per heavy atom. The topological polar surface area (TPSA) is 87.7 Å². The second-order valence-corrected chi connectivity index (χ2v) is 6.78. The van der Waals surface area contributed by atoms with Crippen LogP contribution < -0.4 is 15.5 Å². The lowest BCUT2D eigenvalue weighted by atomic mass is 9.70. The summed E-state index contributed by atoms with van der Waals surface area (Å²) in [7, 11) is 1.55. The predicted molar refractivity (Wildman–Crippen MR) is 85.8 cm³/mol. The lowest BCUT2D eigenvalue weighted by molar-refractivity contribution is -0.145. The highest BCUT2D eigenvalue weighted by Crippen LogP contribution is 2.40. The molecule has 0 spiro atoms. The van der Waals surface area contributed by atoms with Crippen LogP contribution in [0.2, 0.25) is 0 Å². The van der Waals surface area contributed by atoms with Crippen LogP contribution in [0.4, 0.5) is 4.79 Å². The second kappa shape index (κ2) is 5.51. The van der Waals surface area contributed by atoms with Crippen LogP contribution in [0.15, 0.2) is 24.3 Å². The Morgan fingerprint density at radius 1 is 1.21 bits per heavy atom. The first-order valence-electron chi connectivity index (χ1n) is 7.92. The van der Waals surface area contributed by atoms with Gasteiger partial charge in [0.05, 0.1) is 7.11 Å². The Morgan fingerprint density at radius 2 is 1.83 bits per heavy atom. The van der Waals surface area contributed by atoms with E-state index in [9.17, 15) is 14.4 Å². The minimum absolute atomic E-state index is 0.295. The van der Waals surface area contributed by atoms with Crippen LogP contribution in [0, 0.1) is 5.41 Å². The molecule has 1 saturated carbocycles. The van der Waals surface area contributed by atoms with Crippen molar-refractivity contribution >= 4 is 17.8 Å². The summed E-state index contributed by atoms with van der Waals surface area (Å²) in [6.07, 6.45) is 2.50. The molecule has 3 rings (SSSR count). The minimum atomic E-state index is -1.23. The second-order valence-electron chi connectivity index (χ2n) is 6.78. The summed E-state index contributed by atoms with van der Waals surface area (Å²) in [6.45, 7) is 3.46. The SMILES string of the molecule is COc1ccc([C@@]2(C)NC(=O)N(NC(=O)C3(C)CCC3)C2=O)cc1. The Balaban J connectivity index is 1.80. The maximum absolute atomic E-state index is 12.8. The van der Waals surface area contributed by atoms with E-state index in [-0.39, 0.29) is 5.91 Å². The number of ether oxygens (including phenoxy) is 1. The maximum Gasteiger partial charge on any atom is 0.344 e. The molecular formula is C17H21N3O4. The molecule has 128 valence electrons. The number of benzene rings is 1. The van der Waals surface area contributed by atoms with Crippen molar-refractivity contribution < 1.29 is 19.1 Å². The highest BCUT2D eigenvalue weighted by atomic mass is 16.5. The molecule has 0 aromatic heterocycles. The van der Waals surface area contributed by atoms with E-state index in [0.29, 0.717) is 11.3 Å². The molecule has 1 aromatic carbocycles. The van der Waals surface area contributed by atoms with Gasteiger partial charge in [0.15, 0.2) is 0 Å². The fourth-order valence-electron chi connectivity index (χ4n) is 3.03. The van der Waals surface area contributed by atoms with E-state index in [4.69, 9.17) is 4.74 Å². The molecule has 2 N–H and O–H groups in total. The van der Waals surface area contributed by atoms with Gasteiger partial charge in [0, 0.05) is 5.41 Å². The van der Waals surface area contributed by atoms with Crippen molar-refractivity contribution in [2.75, 3.05) is 7.11 Å². The summed E-state index contributed by atoms with van der Waals surface area (Å²) in [6, 6.07) is 6.24. The first kappa shape index (κ1) is 16.3. The van der Waals surface area contributed by atoms with Gasteiger partial charge in [-0.25, -0.2) is 4.79 Å². The zero-order chi connectivity index (χ0) is 17.5. The number of urea groups is 1. The maximum atomic E-state index is 12.8. The van der Waals surface area contributed by atoms with Gasteiger partial charge in [-0.1, -0.05) is 25.5 Å². The van der Waals surface area contributed by atoms with E-state index < -0.39 is 22.9 Å². The quantitative estimate of drug-likeness (QED) is 0.822. The van der Waals surface area contributed by atoms with Gasteiger partial charge < -0.3 is 10.1 Å². The molecule has 24 heavy (non-hydrogen) atoms. The van der Waals surface area contributed by atoms with Crippen LogP contribution >= 0.6 is 0 Å². The van der Waals surface area contributed by atoms with Crippen LogP contribution in [0.3, 0.4) is 0 Å². The van der Waals surface area contributed by atoms with E-state index in [1.165, 1.54) is 0 Å². The van der Waals surface area contributed by atoms with E-state index in [2.05, 4.69) is 10.7 Å². The monoisotopic (exact) mass is 331 g/mol. The molecule has 2 aliphatic rings. The van der Waals surface area contributed by atoms with E-state index in [1.54, 1.807) is 38.3 Å². The molecule has 1 aliphatic heterocycles. The summed E-state index contributed by atoms with van der Waals surface area (Å²) >= 11 is 0. The van der Waals surface area contributed by atoms with Gasteiger partial charge in [-0.15, -0.1) is 0 Å². The number of hydrogen-bond donors (Lipinski definition) is 2. The molecule has 7 nitrogen and oxygen atoms in total. The standard InChI is InChI=1S/C17H21N3O4/c1-16(9-4-10-16)13(21)19-20-14(22)17(2,18-15(20)23)11-5-7-12(24-3)8-6-11/h5-8H,4,9-10H2,1-3H3,(H,18,23)(H,19,21)/t17-/m1/s1. The zero-order valence-electron chi connectivity index (χ0n) is 14.0. The number of hydrogen-bond acceptors (Lipinski definition) is 4. The molecule has 0 radical (unpaired) electrons. The van der Waals surface area contributed by atoms with Crippen LogP contribution in [0.1, 0.15) is 38.7 Å². The van der Waals surface area contributed by atoms with Crippen LogP contribution in [-0.4, -0.2) is 30.0 Å². The van der Waals surface area contributed by atoms with Crippen LogP contribution in [0.5, 0.6) is 5.75 Å². The third kappa shape index (κ3) is 2.40. The Kier molecular flexibility index (Phi) is 3.74. The van der Waals surface area contributed by atoms with Crippen LogP contribution in [0.25, 0.3) is 0 Å². The zero-order valence-corrected chi connectivity index (χ0v) is 14.0. The molecule has 1 saturated heterocycles. The van der Waals surface area contributed by atoms with Crippen molar-refractivity contribution in [3.05, 3.63) is 29.8 Å². The molecule has 0 unspecified atom stereocenters. The van der Waals surface area contributed by atoms with E-state index >= 15 is 0 Å². The number of rotatable bonds is 4. The highest BCUT2D eigenvalue weighted by Gasteiger charge is 2.51. The van der Waals surface area contributed by atoms with Crippen molar-refractivity contribution in [2.45, 2.75) is 38.6 Å². The van der Waals surface area contributed by atoms with Gasteiger partial charge in [-0.2, -0.15) is 5.01 Å². The third-order valence-electron chi connectivity index (χ3n) is 5.08. The van der Waals surface area contributed by atoms with E-state index in [1.807, 2.05) is 6.92 Å². The fraction of sp³-hybridized carbons (Fsp3) is 0.471. The number of carbonyl (C=O) groups is 3. The molecule has 4 amide bonds. The average molecular weight is 331 g/mol. The van der Waals surface area contributed by atoms with Crippen molar-refractivity contribution in [2.24, 2.45) is 5.41 Å². The number of amides is 4. The third-order valence-corrected chi connectivity index (χ3v) is 5.08. The Hall–Kier alpha value is -2.57. The van der Waals surface area contributed by atoms with Gasteiger partial charge in [0.25, 0.3) is 5.91 Å². The first-order chi connectivity index (χ1) is 11.3. The molecule has 0 bridgehead atoms.